The van der Waals surface area contributed by atoms with Crippen molar-refractivity contribution in [1.29, 1.82) is 0 Å². The summed E-state index contributed by atoms with van der Waals surface area (Å²) in [6, 6.07) is 24.4. The number of ether oxygens (including phenoxy) is 1. The van der Waals surface area contributed by atoms with E-state index >= 15 is 0 Å². The maximum absolute atomic E-state index is 13.6. The second-order valence-corrected chi connectivity index (χ2v) is 9.28. The van der Waals surface area contributed by atoms with E-state index in [-0.39, 0.29) is 17.1 Å². The number of rotatable bonds is 10. The number of hydrogen-bond donors (Lipinski definition) is 0. The maximum Gasteiger partial charge on any atom is 0.290 e. The van der Waals surface area contributed by atoms with Gasteiger partial charge in [-0.1, -0.05) is 80.8 Å². The van der Waals surface area contributed by atoms with E-state index < -0.39 is 6.04 Å². The lowest BCUT2D eigenvalue weighted by atomic mass is 9.98. The fraction of sp³-hybridized carbons (Fsp3) is 0.290. The van der Waals surface area contributed by atoms with Crippen LogP contribution in [0.25, 0.3) is 11.0 Å². The Bertz CT molecular complexity index is 1390. The van der Waals surface area contributed by atoms with Crippen LogP contribution in [-0.2, 0) is 6.42 Å². The maximum atomic E-state index is 13.6. The lowest BCUT2D eigenvalue weighted by Gasteiger charge is -2.25. The molecule has 184 valence electrons. The highest BCUT2D eigenvalue weighted by molar-refractivity contribution is 5.99. The Morgan fingerprint density at radius 2 is 1.61 bits per heavy atom. The van der Waals surface area contributed by atoms with E-state index in [4.69, 9.17) is 9.15 Å². The van der Waals surface area contributed by atoms with Gasteiger partial charge in [-0.2, -0.15) is 0 Å². The molecule has 5 nitrogen and oxygen atoms in total. The molecule has 0 bridgehead atoms. The summed E-state index contributed by atoms with van der Waals surface area (Å²) < 4.78 is 11.9. The van der Waals surface area contributed by atoms with Crippen molar-refractivity contribution in [3.8, 4) is 5.75 Å². The molecule has 1 aliphatic rings. The fourth-order valence-corrected chi connectivity index (χ4v) is 4.90. The van der Waals surface area contributed by atoms with Gasteiger partial charge in [0, 0.05) is 6.54 Å². The molecular weight excluding hydrogens is 450 g/mol. The van der Waals surface area contributed by atoms with Crippen LogP contribution in [0.1, 0.15) is 65.9 Å². The van der Waals surface area contributed by atoms with Crippen molar-refractivity contribution in [1.82, 2.24) is 4.90 Å². The Hall–Kier alpha value is -3.86. The molecule has 0 radical (unpaired) electrons. The summed E-state index contributed by atoms with van der Waals surface area (Å²) in [6.45, 7) is 3.35. The van der Waals surface area contributed by atoms with Gasteiger partial charge in [0.15, 0.2) is 5.43 Å². The number of benzene rings is 3. The molecule has 5 rings (SSSR count). The highest BCUT2D eigenvalue weighted by Crippen LogP contribution is 2.38. The van der Waals surface area contributed by atoms with Crippen LogP contribution in [0.4, 0.5) is 0 Å². The topological polar surface area (TPSA) is 59.8 Å². The number of carbonyl (C=O) groups is 1. The lowest BCUT2D eigenvalue weighted by molar-refractivity contribution is 0.0730. The first-order chi connectivity index (χ1) is 17.7. The van der Waals surface area contributed by atoms with Crippen LogP contribution in [0.5, 0.6) is 5.75 Å². The number of unbranched alkanes of at least 4 members (excludes halogenated alkanes) is 3. The van der Waals surface area contributed by atoms with Crippen molar-refractivity contribution in [3.05, 3.63) is 112 Å². The first-order valence-corrected chi connectivity index (χ1v) is 12.8. The Morgan fingerprint density at radius 1 is 0.861 bits per heavy atom. The number of hydrogen-bond acceptors (Lipinski definition) is 4. The van der Waals surface area contributed by atoms with E-state index in [0.717, 1.165) is 29.7 Å². The van der Waals surface area contributed by atoms with Crippen molar-refractivity contribution in [2.45, 2.75) is 45.1 Å². The first kappa shape index (κ1) is 23.9. The Labute approximate surface area is 211 Å². The summed E-state index contributed by atoms with van der Waals surface area (Å²) in [4.78, 5) is 28.9. The van der Waals surface area contributed by atoms with Gasteiger partial charge in [-0.3, -0.25) is 9.59 Å². The predicted molar refractivity (Wildman–Crippen MR) is 142 cm³/mol. The molecule has 4 aromatic rings. The van der Waals surface area contributed by atoms with E-state index in [9.17, 15) is 9.59 Å². The molecule has 1 aromatic heterocycles. The quantitative estimate of drug-likeness (QED) is 0.241. The summed E-state index contributed by atoms with van der Waals surface area (Å²) in [5.74, 6) is 0.694. The van der Waals surface area contributed by atoms with E-state index in [0.29, 0.717) is 36.1 Å². The van der Waals surface area contributed by atoms with Crippen molar-refractivity contribution in [2.75, 3.05) is 13.2 Å². The largest absolute Gasteiger partial charge is 0.494 e. The number of nitrogens with zero attached hydrogens (tertiary/aromatic N) is 1. The molecule has 0 spiro atoms. The molecule has 1 aliphatic heterocycles. The van der Waals surface area contributed by atoms with Crippen LogP contribution in [0.3, 0.4) is 0 Å². The Balaban J connectivity index is 1.47. The first-order valence-electron chi connectivity index (χ1n) is 12.8. The summed E-state index contributed by atoms with van der Waals surface area (Å²) in [5.41, 5.74) is 2.71. The Morgan fingerprint density at radius 3 is 2.39 bits per heavy atom. The normalized spacial score (nSPS) is 14.9. The monoisotopic (exact) mass is 481 g/mol. The molecule has 2 heterocycles. The van der Waals surface area contributed by atoms with Gasteiger partial charge in [0.25, 0.3) is 5.91 Å². The molecule has 5 heteroatoms. The highest BCUT2D eigenvalue weighted by atomic mass is 16.5. The molecule has 1 amide bonds. The molecule has 3 aromatic carbocycles. The summed E-state index contributed by atoms with van der Waals surface area (Å²) in [6.07, 6.45) is 5.29. The molecule has 36 heavy (non-hydrogen) atoms. The fourth-order valence-electron chi connectivity index (χ4n) is 4.90. The van der Waals surface area contributed by atoms with Crippen LogP contribution < -0.4 is 10.2 Å². The minimum absolute atomic E-state index is 0.146. The van der Waals surface area contributed by atoms with Crippen molar-refractivity contribution in [3.63, 3.8) is 0 Å². The summed E-state index contributed by atoms with van der Waals surface area (Å²) >= 11 is 0. The Kier molecular flexibility index (Phi) is 7.17. The van der Waals surface area contributed by atoms with E-state index in [1.165, 1.54) is 12.8 Å². The van der Waals surface area contributed by atoms with Crippen LogP contribution in [0, 0.1) is 0 Å². The van der Waals surface area contributed by atoms with Gasteiger partial charge in [0.05, 0.1) is 23.6 Å². The highest BCUT2D eigenvalue weighted by Gasteiger charge is 2.42. The molecule has 0 aliphatic carbocycles. The van der Waals surface area contributed by atoms with Gasteiger partial charge >= 0.3 is 0 Å². The molecule has 0 saturated carbocycles. The number of carbonyl (C=O) groups excluding carboxylic acids is 1. The molecule has 0 fully saturated rings. The zero-order chi connectivity index (χ0) is 24.9. The standard InChI is InChI=1S/C31H31NO4/c1-2-3-4-10-21-35-24-17-15-23(16-18-24)28-27-29(33)25-13-8-9-14-26(25)36-30(27)31(34)32(28)20-19-22-11-6-5-7-12-22/h5-9,11-18,28H,2-4,10,19-21H2,1H3/t28-/m1/s1. The zero-order valence-electron chi connectivity index (χ0n) is 20.6. The average Bonchev–Trinajstić information content (AvgIpc) is 3.20. The van der Waals surface area contributed by atoms with Gasteiger partial charge in [-0.25, -0.2) is 0 Å². The third-order valence-electron chi connectivity index (χ3n) is 6.82. The van der Waals surface area contributed by atoms with Crippen LogP contribution in [0.15, 0.2) is 88.1 Å². The smallest absolute Gasteiger partial charge is 0.290 e. The van der Waals surface area contributed by atoms with Gasteiger partial charge in [0.2, 0.25) is 5.76 Å². The number of fused-ring (bicyclic) bond motifs is 2. The molecule has 0 saturated heterocycles. The zero-order valence-corrected chi connectivity index (χ0v) is 20.6. The number of amides is 1. The summed E-state index contributed by atoms with van der Waals surface area (Å²) in [5, 5.41) is 0.492. The van der Waals surface area contributed by atoms with Crippen LogP contribution in [0.2, 0.25) is 0 Å². The third-order valence-corrected chi connectivity index (χ3v) is 6.82. The van der Waals surface area contributed by atoms with Gasteiger partial charge in [-0.15, -0.1) is 0 Å². The second kappa shape index (κ2) is 10.8. The van der Waals surface area contributed by atoms with Gasteiger partial charge < -0.3 is 14.1 Å². The van der Waals surface area contributed by atoms with Crippen LogP contribution >= 0.6 is 0 Å². The van der Waals surface area contributed by atoms with E-state index in [1.54, 1.807) is 17.0 Å². The molecule has 1 atom stereocenters. The van der Waals surface area contributed by atoms with Crippen LogP contribution in [-0.4, -0.2) is 24.0 Å². The lowest BCUT2D eigenvalue weighted by Crippen LogP contribution is -2.31. The number of para-hydroxylation sites is 1. The molecule has 0 N–H and O–H groups in total. The van der Waals surface area contributed by atoms with Crippen molar-refractivity contribution >= 4 is 16.9 Å². The van der Waals surface area contributed by atoms with E-state index in [2.05, 4.69) is 6.92 Å². The van der Waals surface area contributed by atoms with Gasteiger partial charge in [-0.05, 0) is 48.2 Å². The van der Waals surface area contributed by atoms with Crippen molar-refractivity contribution < 1.29 is 13.9 Å². The van der Waals surface area contributed by atoms with Gasteiger partial charge in [0.1, 0.15) is 11.3 Å². The second-order valence-electron chi connectivity index (χ2n) is 9.28. The minimum Gasteiger partial charge on any atom is -0.494 e. The summed E-state index contributed by atoms with van der Waals surface area (Å²) in [7, 11) is 0. The average molecular weight is 482 g/mol. The van der Waals surface area contributed by atoms with Crippen molar-refractivity contribution in [2.24, 2.45) is 0 Å². The predicted octanol–water partition coefficient (Wildman–Crippen LogP) is 6.54. The molecule has 0 unspecified atom stereocenters. The third kappa shape index (κ3) is 4.78. The molecular formula is C31H31NO4. The van der Waals surface area contributed by atoms with E-state index in [1.807, 2.05) is 66.7 Å². The minimum atomic E-state index is -0.504. The SMILES string of the molecule is CCCCCCOc1ccc([C@@H]2c3c(oc4ccccc4c3=O)C(=O)N2CCc2ccccc2)cc1.